The van der Waals surface area contributed by atoms with Crippen LogP contribution in [0.4, 0.5) is 0 Å². The number of nitrogens with one attached hydrogen (secondary N) is 1. The summed E-state index contributed by atoms with van der Waals surface area (Å²) in [6.07, 6.45) is -1.23. The zero-order valence-electron chi connectivity index (χ0n) is 11.9. The maximum Gasteiger partial charge on any atom is 0.334 e. The summed E-state index contributed by atoms with van der Waals surface area (Å²) in [5.41, 5.74) is -0.0886. The first kappa shape index (κ1) is 17.9. The van der Waals surface area contributed by atoms with E-state index >= 15 is 0 Å². The van der Waals surface area contributed by atoms with E-state index in [0.717, 1.165) is 6.07 Å². The second-order valence-electron chi connectivity index (χ2n) is 4.18. The van der Waals surface area contributed by atoms with Crippen LogP contribution in [0.5, 0.6) is 5.75 Å². The van der Waals surface area contributed by atoms with Crippen molar-refractivity contribution in [2.24, 2.45) is 5.14 Å². The Morgan fingerprint density at radius 1 is 1.36 bits per heavy atom. The molecule has 1 amide bonds. The molecule has 1 rings (SSSR count). The summed E-state index contributed by atoms with van der Waals surface area (Å²) in [7, 11) is -1.50. The summed E-state index contributed by atoms with van der Waals surface area (Å²) in [5, 5.41) is 16.1. The Bertz CT molecular complexity index is 672. The van der Waals surface area contributed by atoms with Crippen molar-refractivity contribution in [2.45, 2.75) is 11.0 Å². The number of benzene rings is 1. The lowest BCUT2D eigenvalue weighted by molar-refractivity contribution is -0.148. The van der Waals surface area contributed by atoms with Crippen LogP contribution in [0.2, 0.25) is 0 Å². The summed E-state index contributed by atoms with van der Waals surface area (Å²) in [5.74, 6) is -1.84. The van der Waals surface area contributed by atoms with Crippen molar-refractivity contribution in [3.8, 4) is 5.75 Å². The maximum atomic E-state index is 12.1. The van der Waals surface area contributed by atoms with Crippen LogP contribution >= 0.6 is 0 Å². The Hall–Kier alpha value is -2.17. The number of aliphatic carboxylic acids is 1. The second kappa shape index (κ2) is 7.20. The number of hydrogen-bond acceptors (Lipinski definition) is 6. The summed E-state index contributed by atoms with van der Waals surface area (Å²) in [6.45, 7) is -0.298. The van der Waals surface area contributed by atoms with Gasteiger partial charge in [-0.2, -0.15) is 0 Å². The molecule has 1 aromatic carbocycles. The van der Waals surface area contributed by atoms with Crippen molar-refractivity contribution in [2.75, 3.05) is 20.8 Å². The predicted octanol–water partition coefficient (Wildman–Crippen LogP) is -0.828. The number of hydrogen-bond donors (Lipinski definition) is 3. The van der Waals surface area contributed by atoms with Crippen LogP contribution in [0.15, 0.2) is 23.1 Å². The van der Waals surface area contributed by atoms with Crippen LogP contribution in [0, 0.1) is 0 Å². The minimum atomic E-state index is -3.99. The normalized spacial score (nSPS) is 12.5. The first-order valence-corrected chi connectivity index (χ1v) is 7.50. The Morgan fingerprint density at radius 2 is 2.00 bits per heavy atom. The van der Waals surface area contributed by atoms with Gasteiger partial charge in [-0.15, -0.1) is 0 Å². The fourth-order valence-electron chi connectivity index (χ4n) is 1.59. The molecule has 9 nitrogen and oxygen atoms in total. The number of amides is 1. The number of sulfonamides is 1. The van der Waals surface area contributed by atoms with Crippen LogP contribution in [-0.4, -0.2) is 52.3 Å². The molecule has 22 heavy (non-hydrogen) atoms. The third kappa shape index (κ3) is 4.41. The molecule has 122 valence electrons. The topological polar surface area (TPSA) is 145 Å². The largest absolute Gasteiger partial charge is 0.496 e. The number of carboxylic acid groups (broad SMARTS) is 1. The van der Waals surface area contributed by atoms with Crippen LogP contribution in [-0.2, 0) is 19.6 Å². The first-order chi connectivity index (χ1) is 10.2. The molecular weight excluding hydrogens is 316 g/mol. The predicted molar refractivity (Wildman–Crippen MR) is 75.1 cm³/mol. The molecule has 10 heteroatoms. The van der Waals surface area contributed by atoms with Gasteiger partial charge in [0.1, 0.15) is 5.75 Å². The van der Waals surface area contributed by atoms with Crippen molar-refractivity contribution in [1.29, 1.82) is 0 Å². The molecular formula is C12H16N2O7S. The van der Waals surface area contributed by atoms with E-state index in [-0.39, 0.29) is 22.8 Å². The molecule has 0 saturated heterocycles. The number of methoxy groups -OCH3 is 2. The standard InChI is InChI=1S/C12H16N2O7S/c1-20-9-4-3-7(22(13,18)19)5-8(9)11(15)14-6-10(21-2)12(16)17/h3-5,10H,6H2,1-2H3,(H,14,15)(H,16,17)(H2,13,18,19). The molecule has 0 aliphatic heterocycles. The lowest BCUT2D eigenvalue weighted by Crippen LogP contribution is -2.38. The Morgan fingerprint density at radius 3 is 2.45 bits per heavy atom. The molecule has 0 spiro atoms. The number of carbonyl (C=O) groups is 2. The number of primary sulfonamides is 1. The second-order valence-corrected chi connectivity index (χ2v) is 5.74. The van der Waals surface area contributed by atoms with Crippen LogP contribution in [0.25, 0.3) is 0 Å². The van der Waals surface area contributed by atoms with Gasteiger partial charge in [0.05, 0.1) is 24.1 Å². The van der Waals surface area contributed by atoms with Gasteiger partial charge in [0.15, 0.2) is 6.10 Å². The molecule has 0 aliphatic rings. The minimum absolute atomic E-state index is 0.0886. The lowest BCUT2D eigenvalue weighted by atomic mass is 10.2. The van der Waals surface area contributed by atoms with Gasteiger partial charge in [-0.25, -0.2) is 18.4 Å². The van der Waals surface area contributed by atoms with E-state index in [1.165, 1.54) is 26.4 Å². The zero-order chi connectivity index (χ0) is 16.9. The van der Waals surface area contributed by atoms with Crippen LogP contribution in [0.3, 0.4) is 0 Å². The van der Waals surface area contributed by atoms with Crippen molar-refractivity contribution < 1.29 is 32.6 Å². The number of rotatable bonds is 7. The third-order valence-corrected chi connectivity index (χ3v) is 3.66. The number of ether oxygens (including phenoxy) is 2. The average Bonchev–Trinajstić information content (AvgIpc) is 2.45. The van der Waals surface area contributed by atoms with Gasteiger partial charge in [-0.1, -0.05) is 0 Å². The van der Waals surface area contributed by atoms with Crippen molar-refractivity contribution in [3.63, 3.8) is 0 Å². The van der Waals surface area contributed by atoms with Gasteiger partial charge in [0.25, 0.3) is 5.91 Å². The molecule has 4 N–H and O–H groups in total. The van der Waals surface area contributed by atoms with Crippen molar-refractivity contribution in [1.82, 2.24) is 5.32 Å². The SMILES string of the molecule is COc1ccc(S(N)(=O)=O)cc1C(=O)NCC(OC)C(=O)O. The Labute approximate surface area is 127 Å². The van der Waals surface area contributed by atoms with Gasteiger partial charge in [-0.05, 0) is 18.2 Å². The molecule has 0 fully saturated rings. The molecule has 1 atom stereocenters. The lowest BCUT2D eigenvalue weighted by Gasteiger charge is -2.13. The highest BCUT2D eigenvalue weighted by atomic mass is 32.2. The van der Waals surface area contributed by atoms with E-state index in [1.54, 1.807) is 0 Å². The Balaban J connectivity index is 3.03. The quantitative estimate of drug-likeness (QED) is 0.591. The van der Waals surface area contributed by atoms with Gasteiger partial charge < -0.3 is 19.9 Å². The Kier molecular flexibility index (Phi) is 5.85. The van der Waals surface area contributed by atoms with Crippen LogP contribution in [0.1, 0.15) is 10.4 Å². The smallest absolute Gasteiger partial charge is 0.334 e. The first-order valence-electron chi connectivity index (χ1n) is 5.95. The summed E-state index contributed by atoms with van der Waals surface area (Å²) in [6, 6.07) is 3.52. The van der Waals surface area contributed by atoms with E-state index in [9.17, 15) is 18.0 Å². The fraction of sp³-hybridized carbons (Fsp3) is 0.333. The summed E-state index contributed by atoms with van der Waals surface area (Å²) in [4.78, 5) is 22.6. The van der Waals surface area contributed by atoms with E-state index in [0.29, 0.717) is 0 Å². The minimum Gasteiger partial charge on any atom is -0.496 e. The van der Waals surface area contributed by atoms with E-state index in [2.05, 4.69) is 10.1 Å². The van der Waals surface area contributed by atoms with E-state index in [4.69, 9.17) is 15.0 Å². The van der Waals surface area contributed by atoms with E-state index < -0.39 is 28.0 Å². The van der Waals surface area contributed by atoms with Crippen molar-refractivity contribution in [3.05, 3.63) is 23.8 Å². The highest BCUT2D eigenvalue weighted by Gasteiger charge is 2.21. The fourth-order valence-corrected chi connectivity index (χ4v) is 2.13. The van der Waals surface area contributed by atoms with Gasteiger partial charge >= 0.3 is 5.97 Å². The highest BCUT2D eigenvalue weighted by Crippen LogP contribution is 2.21. The summed E-state index contributed by atoms with van der Waals surface area (Å²) >= 11 is 0. The monoisotopic (exact) mass is 332 g/mol. The van der Waals surface area contributed by atoms with Crippen LogP contribution < -0.4 is 15.2 Å². The molecule has 0 radical (unpaired) electrons. The molecule has 0 heterocycles. The van der Waals surface area contributed by atoms with Crippen molar-refractivity contribution >= 4 is 21.9 Å². The number of carbonyl (C=O) groups excluding carboxylic acids is 1. The molecule has 0 aliphatic carbocycles. The van der Waals surface area contributed by atoms with Gasteiger partial charge in [0, 0.05) is 7.11 Å². The van der Waals surface area contributed by atoms with E-state index in [1.807, 2.05) is 0 Å². The number of nitrogens with two attached hydrogens (primary N) is 1. The van der Waals surface area contributed by atoms with Gasteiger partial charge in [-0.3, -0.25) is 4.79 Å². The number of carboxylic acids is 1. The highest BCUT2D eigenvalue weighted by molar-refractivity contribution is 7.89. The third-order valence-electron chi connectivity index (χ3n) is 2.75. The van der Waals surface area contributed by atoms with Gasteiger partial charge in [0.2, 0.25) is 10.0 Å². The molecule has 1 aromatic rings. The average molecular weight is 332 g/mol. The molecule has 0 saturated carbocycles. The summed E-state index contributed by atoms with van der Waals surface area (Å²) < 4.78 is 32.3. The maximum absolute atomic E-state index is 12.1. The molecule has 0 aromatic heterocycles. The molecule has 1 unspecified atom stereocenters. The molecule has 0 bridgehead atoms. The zero-order valence-corrected chi connectivity index (χ0v) is 12.7.